The van der Waals surface area contributed by atoms with E-state index in [2.05, 4.69) is 42.0 Å². The Kier molecular flexibility index (Phi) is 5.29. The van der Waals surface area contributed by atoms with Crippen LogP contribution in [0.4, 0.5) is 4.39 Å². The van der Waals surface area contributed by atoms with Crippen LogP contribution in [-0.2, 0) is 6.42 Å². The molecule has 0 bridgehead atoms. The Balaban J connectivity index is 2.41. The summed E-state index contributed by atoms with van der Waals surface area (Å²) >= 11 is 4.96. The van der Waals surface area contributed by atoms with Crippen LogP contribution >= 0.6 is 27.3 Å². The number of thiazole rings is 1. The molecule has 2 nitrogen and oxygen atoms in total. The number of benzene rings is 1. The first kappa shape index (κ1) is 15.6. The maximum absolute atomic E-state index is 13.4. The monoisotopic (exact) mass is 356 g/mol. The van der Waals surface area contributed by atoms with Crippen molar-refractivity contribution in [3.63, 3.8) is 0 Å². The number of nitrogens with one attached hydrogen (secondary N) is 1. The van der Waals surface area contributed by atoms with Crippen LogP contribution in [0.15, 0.2) is 22.7 Å². The molecule has 0 saturated carbocycles. The van der Waals surface area contributed by atoms with Gasteiger partial charge in [-0.15, -0.1) is 11.3 Å². The molecule has 0 aliphatic rings. The zero-order valence-corrected chi connectivity index (χ0v) is 14.2. The van der Waals surface area contributed by atoms with E-state index in [0.29, 0.717) is 4.47 Å². The molecule has 2 aromatic rings. The van der Waals surface area contributed by atoms with Crippen molar-refractivity contribution in [3.8, 4) is 0 Å². The maximum Gasteiger partial charge on any atom is 0.137 e. The van der Waals surface area contributed by atoms with Crippen molar-refractivity contribution in [1.29, 1.82) is 0 Å². The number of hydrogen-bond donors (Lipinski definition) is 1. The molecule has 0 fully saturated rings. The molecule has 1 unspecified atom stereocenters. The predicted octanol–water partition coefficient (Wildman–Crippen LogP) is 4.61. The van der Waals surface area contributed by atoms with Gasteiger partial charge in [-0.05, 0) is 53.5 Å². The van der Waals surface area contributed by atoms with E-state index in [9.17, 15) is 4.39 Å². The van der Waals surface area contributed by atoms with E-state index >= 15 is 0 Å². The number of aryl methyl sites for hydroxylation is 2. The Labute approximate surface area is 131 Å². The van der Waals surface area contributed by atoms with Crippen LogP contribution in [0.2, 0.25) is 0 Å². The lowest BCUT2D eigenvalue weighted by Gasteiger charge is -2.16. The number of nitrogens with zero attached hydrogens (tertiary/aromatic N) is 1. The highest BCUT2D eigenvalue weighted by atomic mass is 79.9. The van der Waals surface area contributed by atoms with Crippen LogP contribution in [0, 0.1) is 12.7 Å². The van der Waals surface area contributed by atoms with Crippen LogP contribution in [0.25, 0.3) is 0 Å². The van der Waals surface area contributed by atoms with Crippen molar-refractivity contribution in [2.75, 3.05) is 6.54 Å². The molecule has 0 radical (unpaired) electrons. The molecule has 1 aromatic carbocycles. The Bertz CT molecular complexity index is 598. The van der Waals surface area contributed by atoms with E-state index in [0.717, 1.165) is 29.2 Å². The van der Waals surface area contributed by atoms with Crippen molar-refractivity contribution in [2.24, 2.45) is 0 Å². The van der Waals surface area contributed by atoms with E-state index < -0.39 is 0 Å². The van der Waals surface area contributed by atoms with Gasteiger partial charge in [0.25, 0.3) is 0 Å². The topological polar surface area (TPSA) is 24.9 Å². The van der Waals surface area contributed by atoms with E-state index in [4.69, 9.17) is 4.98 Å². The molecule has 2 rings (SSSR count). The molecule has 0 saturated heterocycles. The summed E-state index contributed by atoms with van der Waals surface area (Å²) in [4.78, 5) is 5.98. The summed E-state index contributed by atoms with van der Waals surface area (Å²) < 4.78 is 13.9. The van der Waals surface area contributed by atoms with Gasteiger partial charge in [-0.1, -0.05) is 19.9 Å². The van der Waals surface area contributed by atoms with Crippen molar-refractivity contribution < 1.29 is 4.39 Å². The zero-order valence-electron chi connectivity index (χ0n) is 11.8. The van der Waals surface area contributed by atoms with Crippen LogP contribution in [0.1, 0.15) is 41.0 Å². The number of halogens is 2. The Morgan fingerprint density at radius 2 is 2.15 bits per heavy atom. The van der Waals surface area contributed by atoms with Gasteiger partial charge >= 0.3 is 0 Å². The fraction of sp³-hybridized carbons (Fsp3) is 0.400. The predicted molar refractivity (Wildman–Crippen MR) is 85.8 cm³/mol. The number of hydrogen-bond acceptors (Lipinski definition) is 3. The molecule has 1 N–H and O–H groups in total. The third kappa shape index (κ3) is 3.27. The Morgan fingerprint density at radius 1 is 1.40 bits per heavy atom. The Hall–Kier alpha value is -0.780. The smallest absolute Gasteiger partial charge is 0.137 e. The van der Waals surface area contributed by atoms with Crippen molar-refractivity contribution >= 4 is 27.3 Å². The first-order valence-corrected chi connectivity index (χ1v) is 8.32. The second kappa shape index (κ2) is 6.78. The minimum atomic E-state index is -0.242. The summed E-state index contributed by atoms with van der Waals surface area (Å²) in [6, 6.07) is 5.15. The van der Waals surface area contributed by atoms with Crippen molar-refractivity contribution in [3.05, 3.63) is 49.6 Å². The van der Waals surface area contributed by atoms with E-state index in [-0.39, 0.29) is 11.9 Å². The molecule has 0 aliphatic carbocycles. The summed E-state index contributed by atoms with van der Waals surface area (Å²) in [6.07, 6.45) is 0.939. The highest BCUT2D eigenvalue weighted by Crippen LogP contribution is 2.30. The average Bonchev–Trinajstić information content (AvgIpc) is 2.80. The van der Waals surface area contributed by atoms with Gasteiger partial charge in [-0.25, -0.2) is 9.37 Å². The van der Waals surface area contributed by atoms with Crippen molar-refractivity contribution in [2.45, 2.75) is 33.2 Å². The fourth-order valence-electron chi connectivity index (χ4n) is 2.15. The fourth-order valence-corrected chi connectivity index (χ4v) is 3.66. The highest BCUT2D eigenvalue weighted by Gasteiger charge is 2.19. The van der Waals surface area contributed by atoms with Crippen LogP contribution < -0.4 is 5.32 Å². The van der Waals surface area contributed by atoms with Gasteiger partial charge in [0, 0.05) is 4.88 Å². The average molecular weight is 357 g/mol. The standard InChI is InChI=1S/C15H18BrFN2S/c1-4-13-9(3)20-15(19-13)14(18-5-2)10-6-7-12(17)11(16)8-10/h6-8,14,18H,4-5H2,1-3H3. The summed E-state index contributed by atoms with van der Waals surface area (Å²) in [5.74, 6) is -0.242. The summed E-state index contributed by atoms with van der Waals surface area (Å²) in [5.41, 5.74) is 2.17. The van der Waals surface area contributed by atoms with Gasteiger partial charge in [-0.3, -0.25) is 0 Å². The van der Waals surface area contributed by atoms with Gasteiger partial charge in [0.05, 0.1) is 16.2 Å². The van der Waals surface area contributed by atoms with E-state index in [1.165, 1.54) is 10.9 Å². The molecular weight excluding hydrogens is 339 g/mol. The summed E-state index contributed by atoms with van der Waals surface area (Å²) in [6.45, 7) is 7.11. The molecule has 0 spiro atoms. The van der Waals surface area contributed by atoms with Gasteiger partial charge in [0.1, 0.15) is 10.8 Å². The summed E-state index contributed by atoms with van der Waals surface area (Å²) in [5, 5.41) is 4.47. The largest absolute Gasteiger partial charge is 0.305 e. The van der Waals surface area contributed by atoms with Crippen molar-refractivity contribution in [1.82, 2.24) is 10.3 Å². The normalized spacial score (nSPS) is 12.7. The molecule has 1 heterocycles. The maximum atomic E-state index is 13.4. The van der Waals surface area contributed by atoms with E-state index in [1.54, 1.807) is 11.3 Å². The Morgan fingerprint density at radius 3 is 2.70 bits per heavy atom. The molecule has 5 heteroatoms. The first-order chi connectivity index (χ1) is 9.56. The molecule has 108 valence electrons. The third-order valence-electron chi connectivity index (χ3n) is 3.18. The lowest BCUT2D eigenvalue weighted by molar-refractivity contribution is 0.606. The minimum absolute atomic E-state index is 0.0147. The van der Waals surface area contributed by atoms with Gasteiger partial charge in [0.2, 0.25) is 0 Å². The second-order valence-corrected chi connectivity index (χ2v) is 6.66. The van der Waals surface area contributed by atoms with Gasteiger partial charge in [0.15, 0.2) is 0 Å². The molecule has 0 aliphatic heterocycles. The first-order valence-electron chi connectivity index (χ1n) is 6.71. The molecular formula is C15H18BrFN2S. The SMILES string of the molecule is CCNC(c1ccc(F)c(Br)c1)c1nc(CC)c(C)s1. The zero-order chi connectivity index (χ0) is 14.7. The molecule has 0 amide bonds. The van der Waals surface area contributed by atoms with E-state index in [1.807, 2.05) is 12.1 Å². The summed E-state index contributed by atoms with van der Waals surface area (Å²) in [7, 11) is 0. The molecule has 20 heavy (non-hydrogen) atoms. The van der Waals surface area contributed by atoms with Crippen LogP contribution in [0.5, 0.6) is 0 Å². The third-order valence-corrected chi connectivity index (χ3v) is 4.86. The van der Waals surface area contributed by atoms with Crippen LogP contribution in [0.3, 0.4) is 0 Å². The highest BCUT2D eigenvalue weighted by molar-refractivity contribution is 9.10. The minimum Gasteiger partial charge on any atom is -0.305 e. The van der Waals surface area contributed by atoms with Gasteiger partial charge in [-0.2, -0.15) is 0 Å². The van der Waals surface area contributed by atoms with Gasteiger partial charge < -0.3 is 5.32 Å². The lowest BCUT2D eigenvalue weighted by Crippen LogP contribution is -2.22. The molecule has 1 atom stereocenters. The number of rotatable bonds is 5. The molecule has 1 aromatic heterocycles. The lowest BCUT2D eigenvalue weighted by atomic mass is 10.1. The quantitative estimate of drug-likeness (QED) is 0.845. The second-order valence-electron chi connectivity index (χ2n) is 4.57. The van der Waals surface area contributed by atoms with Crippen LogP contribution in [-0.4, -0.2) is 11.5 Å². The number of aromatic nitrogens is 1.